The van der Waals surface area contributed by atoms with Crippen molar-refractivity contribution < 1.29 is 17.9 Å². The lowest BCUT2D eigenvalue weighted by atomic mass is 10.2. The van der Waals surface area contributed by atoms with Gasteiger partial charge in [0, 0.05) is 13.1 Å². The number of likely N-dealkylation sites (tertiary alicyclic amines) is 1. The summed E-state index contributed by atoms with van der Waals surface area (Å²) in [5.74, 6) is 0.301. The van der Waals surface area contributed by atoms with Gasteiger partial charge in [0.1, 0.15) is 5.75 Å². The summed E-state index contributed by atoms with van der Waals surface area (Å²) in [7, 11) is -1.92. The Labute approximate surface area is 141 Å². The Bertz CT molecular complexity index is 833. The van der Waals surface area contributed by atoms with Crippen LogP contribution in [-0.2, 0) is 9.84 Å². The van der Waals surface area contributed by atoms with E-state index >= 15 is 0 Å². The molecule has 0 aromatic heterocycles. The number of hydrogen-bond acceptors (Lipinski definition) is 4. The smallest absolute Gasteiger partial charge is 0.257 e. The lowest BCUT2D eigenvalue weighted by Crippen LogP contribution is -2.32. The Morgan fingerprint density at radius 3 is 2.46 bits per heavy atom. The van der Waals surface area contributed by atoms with Gasteiger partial charge in [0.25, 0.3) is 5.91 Å². The molecule has 0 aliphatic carbocycles. The van der Waals surface area contributed by atoms with Crippen LogP contribution < -0.4 is 4.74 Å². The van der Waals surface area contributed by atoms with Gasteiger partial charge >= 0.3 is 0 Å². The van der Waals surface area contributed by atoms with Crippen molar-refractivity contribution in [1.82, 2.24) is 4.90 Å². The maximum atomic E-state index is 12.7. The second-order valence-corrected chi connectivity index (χ2v) is 7.95. The molecule has 0 N–H and O–H groups in total. The summed E-state index contributed by atoms with van der Waals surface area (Å²) in [6, 6.07) is 15.4. The minimum absolute atomic E-state index is 0.196. The van der Waals surface area contributed by atoms with Gasteiger partial charge in [-0.25, -0.2) is 8.42 Å². The maximum absolute atomic E-state index is 12.7. The number of hydrogen-bond donors (Lipinski definition) is 0. The number of benzene rings is 2. The van der Waals surface area contributed by atoms with Crippen molar-refractivity contribution in [2.45, 2.75) is 16.6 Å². The number of sulfone groups is 1. The fourth-order valence-corrected chi connectivity index (χ4v) is 4.67. The van der Waals surface area contributed by atoms with Gasteiger partial charge in [-0.15, -0.1) is 0 Å². The fourth-order valence-electron chi connectivity index (χ4n) is 2.96. The van der Waals surface area contributed by atoms with Gasteiger partial charge in [-0.05, 0) is 30.7 Å². The minimum atomic E-state index is -3.43. The molecule has 0 saturated carbocycles. The second kappa shape index (κ2) is 6.65. The minimum Gasteiger partial charge on any atom is -0.496 e. The number of carbonyl (C=O) groups excluding carboxylic acids is 1. The number of carbonyl (C=O) groups is 1. The van der Waals surface area contributed by atoms with Crippen molar-refractivity contribution in [2.24, 2.45) is 0 Å². The average Bonchev–Trinajstić information content (AvgIpc) is 3.13. The standard InChI is InChI=1S/C18H19NO4S/c1-23-17-10-6-5-9-16(17)18(20)19-12-11-15(13-19)24(21,22)14-7-3-2-4-8-14/h2-10,15H,11-13H2,1H3/t15-/m1/s1. The first kappa shape index (κ1) is 16.5. The monoisotopic (exact) mass is 345 g/mol. The first-order valence-electron chi connectivity index (χ1n) is 7.75. The first-order chi connectivity index (χ1) is 11.5. The molecule has 0 radical (unpaired) electrons. The number of methoxy groups -OCH3 is 1. The highest BCUT2D eigenvalue weighted by molar-refractivity contribution is 7.92. The third-order valence-electron chi connectivity index (χ3n) is 4.28. The zero-order valence-corrected chi connectivity index (χ0v) is 14.2. The molecule has 2 aromatic rings. The summed E-state index contributed by atoms with van der Waals surface area (Å²) in [5.41, 5.74) is 0.456. The quantitative estimate of drug-likeness (QED) is 0.853. The van der Waals surface area contributed by atoms with E-state index in [1.165, 1.54) is 7.11 Å². The predicted octanol–water partition coefficient (Wildman–Crippen LogP) is 2.38. The van der Waals surface area contributed by atoms with E-state index in [0.29, 0.717) is 29.2 Å². The molecule has 3 rings (SSSR count). The molecule has 1 atom stereocenters. The highest BCUT2D eigenvalue weighted by Crippen LogP contribution is 2.27. The highest BCUT2D eigenvalue weighted by Gasteiger charge is 2.36. The molecule has 6 heteroatoms. The zero-order valence-electron chi connectivity index (χ0n) is 13.4. The van der Waals surface area contributed by atoms with E-state index in [4.69, 9.17) is 4.74 Å². The van der Waals surface area contributed by atoms with Crippen molar-refractivity contribution >= 4 is 15.7 Å². The van der Waals surface area contributed by atoms with Crippen molar-refractivity contribution in [2.75, 3.05) is 20.2 Å². The Kier molecular flexibility index (Phi) is 4.57. The molecule has 1 saturated heterocycles. The third-order valence-corrected chi connectivity index (χ3v) is 6.47. The van der Waals surface area contributed by atoms with E-state index in [-0.39, 0.29) is 12.5 Å². The number of para-hydroxylation sites is 1. The molecule has 0 bridgehead atoms. The normalized spacial score (nSPS) is 17.7. The largest absolute Gasteiger partial charge is 0.496 e. The maximum Gasteiger partial charge on any atom is 0.257 e. The van der Waals surface area contributed by atoms with Crippen LogP contribution in [0.4, 0.5) is 0 Å². The van der Waals surface area contributed by atoms with Gasteiger partial charge in [0.05, 0.1) is 22.8 Å². The molecule has 1 fully saturated rings. The highest BCUT2D eigenvalue weighted by atomic mass is 32.2. The second-order valence-electron chi connectivity index (χ2n) is 5.72. The lowest BCUT2D eigenvalue weighted by Gasteiger charge is -2.18. The molecule has 1 heterocycles. The van der Waals surface area contributed by atoms with Crippen molar-refractivity contribution in [3.8, 4) is 5.75 Å². The van der Waals surface area contributed by atoms with Crippen molar-refractivity contribution in [3.05, 3.63) is 60.2 Å². The van der Waals surface area contributed by atoms with Gasteiger partial charge in [0.2, 0.25) is 0 Å². The van der Waals surface area contributed by atoms with E-state index in [0.717, 1.165) is 0 Å². The average molecular weight is 345 g/mol. The van der Waals surface area contributed by atoms with Crippen LogP contribution in [-0.4, -0.2) is 44.7 Å². The summed E-state index contributed by atoms with van der Waals surface area (Å²) in [4.78, 5) is 14.6. The summed E-state index contributed by atoms with van der Waals surface area (Å²) < 4.78 is 30.6. The molecular weight excluding hydrogens is 326 g/mol. The first-order valence-corrected chi connectivity index (χ1v) is 9.30. The molecule has 126 valence electrons. The van der Waals surface area contributed by atoms with E-state index < -0.39 is 15.1 Å². The van der Waals surface area contributed by atoms with Gasteiger partial charge in [-0.2, -0.15) is 0 Å². The lowest BCUT2D eigenvalue weighted by molar-refractivity contribution is 0.0790. The number of nitrogens with zero attached hydrogens (tertiary/aromatic N) is 1. The summed E-state index contributed by atoms with van der Waals surface area (Å²) in [6.07, 6.45) is 0.443. The SMILES string of the molecule is COc1ccccc1C(=O)N1CC[C@@H](S(=O)(=O)c2ccccc2)C1. The van der Waals surface area contributed by atoms with E-state index in [2.05, 4.69) is 0 Å². The van der Waals surface area contributed by atoms with E-state index in [1.54, 1.807) is 59.5 Å². The van der Waals surface area contributed by atoms with Gasteiger partial charge in [-0.3, -0.25) is 4.79 Å². The molecule has 0 spiro atoms. The summed E-state index contributed by atoms with van der Waals surface area (Å²) in [5, 5.41) is -0.571. The van der Waals surface area contributed by atoms with Crippen LogP contribution in [0.25, 0.3) is 0 Å². The zero-order chi connectivity index (χ0) is 17.2. The summed E-state index contributed by atoms with van der Waals surface area (Å²) in [6.45, 7) is 0.627. The molecule has 1 aliphatic rings. The molecule has 5 nitrogen and oxygen atoms in total. The van der Waals surface area contributed by atoms with E-state index in [1.807, 2.05) is 0 Å². The molecule has 1 aliphatic heterocycles. The van der Waals surface area contributed by atoms with Crippen LogP contribution in [0.1, 0.15) is 16.8 Å². The molecule has 24 heavy (non-hydrogen) atoms. The number of ether oxygens (including phenoxy) is 1. The molecule has 2 aromatic carbocycles. The molecule has 0 unspecified atom stereocenters. The van der Waals surface area contributed by atoms with Crippen LogP contribution >= 0.6 is 0 Å². The van der Waals surface area contributed by atoms with Crippen LogP contribution in [0, 0.1) is 0 Å². The van der Waals surface area contributed by atoms with Crippen LogP contribution in [0.5, 0.6) is 5.75 Å². The van der Waals surface area contributed by atoms with Gasteiger partial charge < -0.3 is 9.64 Å². The third kappa shape index (κ3) is 3.01. The topological polar surface area (TPSA) is 63.7 Å². The number of rotatable bonds is 4. The molecular formula is C18H19NO4S. The van der Waals surface area contributed by atoms with Crippen molar-refractivity contribution in [3.63, 3.8) is 0 Å². The Morgan fingerprint density at radius 2 is 1.75 bits per heavy atom. The van der Waals surface area contributed by atoms with Crippen LogP contribution in [0.3, 0.4) is 0 Å². The van der Waals surface area contributed by atoms with Crippen LogP contribution in [0.2, 0.25) is 0 Å². The fraction of sp³-hybridized carbons (Fsp3) is 0.278. The van der Waals surface area contributed by atoms with Crippen molar-refractivity contribution in [1.29, 1.82) is 0 Å². The van der Waals surface area contributed by atoms with Gasteiger partial charge in [-0.1, -0.05) is 30.3 Å². The predicted molar refractivity (Wildman–Crippen MR) is 90.9 cm³/mol. The summed E-state index contributed by atoms with van der Waals surface area (Å²) >= 11 is 0. The van der Waals surface area contributed by atoms with Crippen LogP contribution in [0.15, 0.2) is 59.5 Å². The van der Waals surface area contributed by atoms with Gasteiger partial charge in [0.15, 0.2) is 9.84 Å². The Hall–Kier alpha value is -2.34. The molecule has 1 amide bonds. The Morgan fingerprint density at radius 1 is 1.08 bits per heavy atom. The number of amides is 1. The van der Waals surface area contributed by atoms with E-state index in [9.17, 15) is 13.2 Å². The Balaban J connectivity index is 1.79.